The summed E-state index contributed by atoms with van der Waals surface area (Å²) in [5, 5.41) is 12.9. The Labute approximate surface area is 166 Å². The third kappa shape index (κ3) is 4.53. The molecular weight excluding hydrogens is 382 g/mol. The molecule has 0 saturated heterocycles. The van der Waals surface area contributed by atoms with Crippen molar-refractivity contribution in [2.75, 3.05) is 7.11 Å². The third-order valence-electron chi connectivity index (χ3n) is 4.36. The first-order valence-corrected chi connectivity index (χ1v) is 9.96. The number of aliphatic hydroxyl groups is 1. The van der Waals surface area contributed by atoms with E-state index in [1.165, 1.54) is 29.9 Å². The molecule has 8 nitrogen and oxygen atoms in total. The fourth-order valence-electron chi connectivity index (χ4n) is 2.72. The molecule has 0 unspecified atom stereocenters. The molecule has 1 aliphatic carbocycles. The number of nitrogens with zero attached hydrogens (tertiary/aromatic N) is 2. The van der Waals surface area contributed by atoms with Gasteiger partial charge in [0.2, 0.25) is 5.91 Å². The molecule has 9 heteroatoms. The molecule has 0 spiro atoms. The number of aliphatic hydroxyl groups excluding tert-OH is 1. The number of thioether (sulfide) groups is 1. The average molecular weight is 405 g/mol. The zero-order valence-electron chi connectivity index (χ0n) is 16.0. The number of carbonyl (C=O) groups is 2. The number of methoxy groups -OCH3 is 1. The smallest absolute Gasteiger partial charge is 0.337 e. The van der Waals surface area contributed by atoms with Gasteiger partial charge in [0.15, 0.2) is 5.16 Å². The molecule has 1 heterocycles. The second-order valence-electron chi connectivity index (χ2n) is 6.93. The monoisotopic (exact) mass is 405 g/mol. The number of esters is 1. The highest BCUT2D eigenvalue weighted by Gasteiger charge is 2.27. The Bertz CT molecular complexity index is 968. The van der Waals surface area contributed by atoms with Gasteiger partial charge < -0.3 is 15.2 Å². The van der Waals surface area contributed by atoms with E-state index >= 15 is 0 Å². The van der Waals surface area contributed by atoms with Gasteiger partial charge in [-0.15, -0.1) is 0 Å². The van der Waals surface area contributed by atoms with Gasteiger partial charge in [0.05, 0.1) is 41.5 Å². The van der Waals surface area contributed by atoms with Gasteiger partial charge >= 0.3 is 5.97 Å². The van der Waals surface area contributed by atoms with Crippen molar-refractivity contribution < 1.29 is 19.4 Å². The predicted octanol–water partition coefficient (Wildman–Crippen LogP) is 1.32. The summed E-state index contributed by atoms with van der Waals surface area (Å²) in [4.78, 5) is 41.6. The number of carbonyl (C=O) groups excluding carboxylic acids is 2. The number of hydrogen-bond donors (Lipinski definition) is 2. The number of benzene rings is 1. The van der Waals surface area contributed by atoms with Crippen LogP contribution in [0, 0.1) is 0 Å². The summed E-state index contributed by atoms with van der Waals surface area (Å²) < 4.78 is 6.09. The molecule has 1 saturated carbocycles. The quantitative estimate of drug-likeness (QED) is 0.406. The van der Waals surface area contributed by atoms with Crippen LogP contribution in [0.2, 0.25) is 0 Å². The maximum absolute atomic E-state index is 13.0. The summed E-state index contributed by atoms with van der Waals surface area (Å²) in [6, 6.07) is 4.76. The molecule has 0 radical (unpaired) electrons. The molecule has 28 heavy (non-hydrogen) atoms. The Kier molecular flexibility index (Phi) is 6.04. The number of aromatic nitrogens is 2. The fourth-order valence-corrected chi connectivity index (χ4v) is 3.65. The molecule has 2 aromatic rings. The lowest BCUT2D eigenvalue weighted by molar-refractivity contribution is -0.120. The Hall–Kier alpha value is -2.39. The first kappa shape index (κ1) is 20.3. The number of rotatable bonds is 7. The highest BCUT2D eigenvalue weighted by Crippen LogP contribution is 2.25. The van der Waals surface area contributed by atoms with Gasteiger partial charge in [-0.1, -0.05) is 11.8 Å². The van der Waals surface area contributed by atoms with Crippen molar-refractivity contribution in [3.05, 3.63) is 34.1 Å². The number of ether oxygens (including phenoxy) is 1. The lowest BCUT2D eigenvalue weighted by Gasteiger charge is -2.17. The van der Waals surface area contributed by atoms with E-state index in [2.05, 4.69) is 10.3 Å². The van der Waals surface area contributed by atoms with Gasteiger partial charge in [-0.3, -0.25) is 14.2 Å². The van der Waals surface area contributed by atoms with Gasteiger partial charge in [0, 0.05) is 6.04 Å². The van der Waals surface area contributed by atoms with Crippen LogP contribution in [-0.4, -0.2) is 51.0 Å². The maximum atomic E-state index is 13.0. The van der Waals surface area contributed by atoms with Gasteiger partial charge in [-0.2, -0.15) is 0 Å². The molecule has 150 valence electrons. The normalized spacial score (nSPS) is 15.9. The van der Waals surface area contributed by atoms with Crippen LogP contribution in [0.4, 0.5) is 0 Å². The Morgan fingerprint density at radius 1 is 1.39 bits per heavy atom. The summed E-state index contributed by atoms with van der Waals surface area (Å²) >= 11 is 1.15. The van der Waals surface area contributed by atoms with Crippen molar-refractivity contribution >= 4 is 34.5 Å². The standard InChI is InChI=1S/C19H23N3O5S/c1-10(23)9-22-17(25)14-7-4-12(18(26)27-3)8-15(14)21-19(22)28-11(2)16(24)20-13-5-6-13/h4,7-8,10-11,13,23H,5-6,9H2,1-3H3,(H,20,24)/t10-,11-/m1/s1. The topological polar surface area (TPSA) is 111 Å². The van der Waals surface area contributed by atoms with Crippen LogP contribution < -0.4 is 10.9 Å². The minimum absolute atomic E-state index is 0.0554. The molecule has 3 rings (SSSR count). The van der Waals surface area contributed by atoms with Crippen LogP contribution >= 0.6 is 11.8 Å². The number of amides is 1. The lowest BCUT2D eigenvalue weighted by atomic mass is 10.1. The molecule has 1 aliphatic rings. The van der Waals surface area contributed by atoms with Gasteiger partial charge in [-0.25, -0.2) is 9.78 Å². The Balaban J connectivity index is 2.02. The van der Waals surface area contributed by atoms with Gasteiger partial charge in [0.25, 0.3) is 5.56 Å². The first-order chi connectivity index (χ1) is 13.3. The SMILES string of the molecule is COC(=O)c1ccc2c(=O)n(C[C@@H](C)O)c(S[C@H](C)C(=O)NC3CC3)nc2c1. The van der Waals surface area contributed by atoms with Crippen molar-refractivity contribution in [1.82, 2.24) is 14.9 Å². The van der Waals surface area contributed by atoms with Crippen LogP contribution in [0.25, 0.3) is 10.9 Å². The number of hydrogen-bond acceptors (Lipinski definition) is 7. The Morgan fingerprint density at radius 2 is 2.11 bits per heavy atom. The molecule has 1 amide bonds. The summed E-state index contributed by atoms with van der Waals surface area (Å²) in [6.45, 7) is 3.38. The fraction of sp³-hybridized carbons (Fsp3) is 0.474. The maximum Gasteiger partial charge on any atom is 0.337 e. The molecule has 1 fully saturated rings. The van der Waals surface area contributed by atoms with E-state index in [1.54, 1.807) is 13.8 Å². The highest BCUT2D eigenvalue weighted by molar-refractivity contribution is 8.00. The van der Waals surface area contributed by atoms with Crippen molar-refractivity contribution in [2.24, 2.45) is 0 Å². The van der Waals surface area contributed by atoms with Crippen LogP contribution in [0.5, 0.6) is 0 Å². The van der Waals surface area contributed by atoms with Crippen LogP contribution in [0.3, 0.4) is 0 Å². The van der Waals surface area contributed by atoms with Crippen molar-refractivity contribution in [3.63, 3.8) is 0 Å². The molecule has 0 aliphatic heterocycles. The zero-order valence-corrected chi connectivity index (χ0v) is 16.8. The van der Waals surface area contributed by atoms with E-state index in [9.17, 15) is 19.5 Å². The molecule has 2 atom stereocenters. The molecule has 0 bridgehead atoms. The van der Waals surface area contributed by atoms with E-state index in [-0.39, 0.29) is 29.6 Å². The minimum Gasteiger partial charge on any atom is -0.465 e. The summed E-state index contributed by atoms with van der Waals surface area (Å²) in [7, 11) is 1.28. The second kappa shape index (κ2) is 8.32. The predicted molar refractivity (Wildman–Crippen MR) is 106 cm³/mol. The van der Waals surface area contributed by atoms with E-state index in [1.807, 2.05) is 0 Å². The number of nitrogens with one attached hydrogen (secondary N) is 1. The van der Waals surface area contributed by atoms with E-state index in [0.717, 1.165) is 24.6 Å². The van der Waals surface area contributed by atoms with E-state index < -0.39 is 17.3 Å². The largest absolute Gasteiger partial charge is 0.465 e. The lowest BCUT2D eigenvalue weighted by Crippen LogP contribution is -2.34. The van der Waals surface area contributed by atoms with Crippen molar-refractivity contribution in [3.8, 4) is 0 Å². The molecule has 1 aromatic carbocycles. The van der Waals surface area contributed by atoms with Crippen LogP contribution in [0.15, 0.2) is 28.2 Å². The van der Waals surface area contributed by atoms with Crippen molar-refractivity contribution in [2.45, 2.75) is 55.8 Å². The second-order valence-corrected chi connectivity index (χ2v) is 8.23. The van der Waals surface area contributed by atoms with E-state index in [0.29, 0.717) is 16.1 Å². The van der Waals surface area contributed by atoms with Gasteiger partial charge in [-0.05, 0) is 44.9 Å². The van der Waals surface area contributed by atoms with Crippen LogP contribution in [-0.2, 0) is 16.1 Å². The summed E-state index contributed by atoms with van der Waals surface area (Å²) in [5.41, 5.74) is 0.289. The van der Waals surface area contributed by atoms with Crippen molar-refractivity contribution in [1.29, 1.82) is 0 Å². The summed E-state index contributed by atoms with van der Waals surface area (Å²) in [5.74, 6) is -0.642. The number of fused-ring (bicyclic) bond motifs is 1. The summed E-state index contributed by atoms with van der Waals surface area (Å²) in [6.07, 6.45) is 1.21. The zero-order chi connectivity index (χ0) is 20.4. The first-order valence-electron chi connectivity index (χ1n) is 9.08. The molecular formula is C19H23N3O5S. The highest BCUT2D eigenvalue weighted by atomic mass is 32.2. The molecule has 2 N–H and O–H groups in total. The average Bonchev–Trinajstić information content (AvgIpc) is 3.47. The van der Waals surface area contributed by atoms with E-state index in [4.69, 9.17) is 4.74 Å². The third-order valence-corrected chi connectivity index (χ3v) is 5.45. The minimum atomic E-state index is -0.763. The molecule has 1 aromatic heterocycles. The van der Waals surface area contributed by atoms with Gasteiger partial charge in [0.1, 0.15) is 0 Å². The Morgan fingerprint density at radius 3 is 2.71 bits per heavy atom. The van der Waals surface area contributed by atoms with Crippen LogP contribution in [0.1, 0.15) is 37.0 Å².